The highest BCUT2D eigenvalue weighted by atomic mass is 32.2. The Labute approximate surface area is 180 Å². The van der Waals surface area contributed by atoms with Crippen LogP contribution >= 0.6 is 11.8 Å². The van der Waals surface area contributed by atoms with Gasteiger partial charge in [-0.2, -0.15) is 0 Å². The SMILES string of the molecule is Cc1occc1-c1nnc(SC(C)C(=O)Nc2ccc(N3CCCCC3)cc2)n1C. The predicted octanol–water partition coefficient (Wildman–Crippen LogP) is 4.49. The average Bonchev–Trinajstić information content (AvgIpc) is 3.34. The van der Waals surface area contributed by atoms with Crippen LogP contribution in [0.25, 0.3) is 11.4 Å². The number of furan rings is 1. The van der Waals surface area contributed by atoms with Gasteiger partial charge in [-0.15, -0.1) is 10.2 Å². The maximum atomic E-state index is 12.7. The quantitative estimate of drug-likeness (QED) is 0.586. The van der Waals surface area contributed by atoms with Gasteiger partial charge in [-0.1, -0.05) is 11.8 Å². The molecule has 30 heavy (non-hydrogen) atoms. The molecule has 1 aromatic carbocycles. The molecular weight excluding hydrogens is 398 g/mol. The normalized spacial score (nSPS) is 15.2. The number of anilines is 2. The molecule has 3 heterocycles. The standard InChI is InChI=1S/C22H27N5O2S/c1-15-19(11-14-29-15)20-24-25-22(26(20)3)30-16(2)21(28)23-17-7-9-18(10-8-17)27-12-5-4-6-13-27/h7-11,14,16H,4-6,12-13H2,1-3H3,(H,23,28). The van der Waals surface area contributed by atoms with Crippen molar-refractivity contribution in [2.75, 3.05) is 23.3 Å². The summed E-state index contributed by atoms with van der Waals surface area (Å²) in [6.45, 7) is 5.98. The van der Waals surface area contributed by atoms with E-state index >= 15 is 0 Å². The zero-order valence-corrected chi connectivity index (χ0v) is 18.4. The first-order valence-electron chi connectivity index (χ1n) is 10.3. The number of piperidine rings is 1. The number of nitrogens with zero attached hydrogens (tertiary/aromatic N) is 4. The topological polar surface area (TPSA) is 76.2 Å². The molecule has 3 aromatic rings. The Hall–Kier alpha value is -2.74. The van der Waals surface area contributed by atoms with Crippen LogP contribution < -0.4 is 10.2 Å². The van der Waals surface area contributed by atoms with Gasteiger partial charge in [-0.25, -0.2) is 0 Å². The number of carbonyl (C=O) groups is 1. The van der Waals surface area contributed by atoms with Crippen LogP contribution in [0.2, 0.25) is 0 Å². The fraction of sp³-hybridized carbons (Fsp3) is 0.409. The molecule has 0 saturated carbocycles. The fourth-order valence-electron chi connectivity index (χ4n) is 3.63. The van der Waals surface area contributed by atoms with Crippen LogP contribution in [-0.2, 0) is 11.8 Å². The summed E-state index contributed by atoms with van der Waals surface area (Å²) in [6, 6.07) is 9.99. The number of nitrogens with one attached hydrogen (secondary N) is 1. The average molecular weight is 426 g/mol. The number of benzene rings is 1. The maximum absolute atomic E-state index is 12.7. The van der Waals surface area contributed by atoms with E-state index in [1.54, 1.807) is 6.26 Å². The summed E-state index contributed by atoms with van der Waals surface area (Å²) in [7, 11) is 1.90. The summed E-state index contributed by atoms with van der Waals surface area (Å²) in [6.07, 6.45) is 5.45. The van der Waals surface area contributed by atoms with Gasteiger partial charge in [0, 0.05) is 31.5 Å². The van der Waals surface area contributed by atoms with Crippen LogP contribution in [0.5, 0.6) is 0 Å². The largest absolute Gasteiger partial charge is 0.469 e. The molecular formula is C22H27N5O2S. The van der Waals surface area contributed by atoms with Crippen LogP contribution in [0.15, 0.2) is 46.2 Å². The molecule has 0 spiro atoms. The Bertz CT molecular complexity index is 1000. The lowest BCUT2D eigenvalue weighted by Gasteiger charge is -2.28. The van der Waals surface area contributed by atoms with Crippen LogP contribution in [0.4, 0.5) is 11.4 Å². The third-order valence-corrected chi connectivity index (χ3v) is 6.58. The first-order valence-corrected chi connectivity index (χ1v) is 11.2. The molecule has 0 aliphatic carbocycles. The van der Waals surface area contributed by atoms with Crippen LogP contribution in [0.3, 0.4) is 0 Å². The van der Waals surface area contributed by atoms with Crippen molar-refractivity contribution < 1.29 is 9.21 Å². The van der Waals surface area contributed by atoms with Gasteiger partial charge in [-0.3, -0.25) is 4.79 Å². The monoisotopic (exact) mass is 425 g/mol. The van der Waals surface area contributed by atoms with Crippen LogP contribution in [-0.4, -0.2) is 39.0 Å². The van der Waals surface area contributed by atoms with Crippen molar-refractivity contribution in [3.8, 4) is 11.4 Å². The Balaban J connectivity index is 1.37. The molecule has 1 amide bonds. The van der Waals surface area contributed by atoms with Gasteiger partial charge in [0.15, 0.2) is 11.0 Å². The maximum Gasteiger partial charge on any atom is 0.237 e. The summed E-state index contributed by atoms with van der Waals surface area (Å²) in [5.74, 6) is 1.46. The highest BCUT2D eigenvalue weighted by molar-refractivity contribution is 8.00. The molecule has 1 fully saturated rings. The highest BCUT2D eigenvalue weighted by Gasteiger charge is 2.21. The van der Waals surface area contributed by atoms with Gasteiger partial charge in [0.25, 0.3) is 0 Å². The smallest absolute Gasteiger partial charge is 0.237 e. The number of aryl methyl sites for hydroxylation is 1. The number of aromatic nitrogens is 3. The summed E-state index contributed by atoms with van der Waals surface area (Å²) in [5.41, 5.74) is 2.93. The van der Waals surface area contributed by atoms with Gasteiger partial charge in [-0.05, 0) is 63.4 Å². The Morgan fingerprint density at radius 1 is 1.13 bits per heavy atom. The molecule has 0 radical (unpaired) electrons. The van der Waals surface area contributed by atoms with Gasteiger partial charge in [0.1, 0.15) is 5.76 Å². The lowest BCUT2D eigenvalue weighted by atomic mass is 10.1. The second-order valence-electron chi connectivity index (χ2n) is 7.60. The molecule has 4 rings (SSSR count). The molecule has 1 unspecified atom stereocenters. The summed E-state index contributed by atoms with van der Waals surface area (Å²) >= 11 is 1.39. The van der Waals surface area contributed by atoms with Crippen LogP contribution in [0, 0.1) is 6.92 Å². The van der Waals surface area contributed by atoms with Crippen molar-refractivity contribution in [3.63, 3.8) is 0 Å². The minimum absolute atomic E-state index is 0.0604. The van der Waals surface area contributed by atoms with E-state index < -0.39 is 0 Å². The molecule has 1 N–H and O–H groups in total. The van der Waals surface area contributed by atoms with Crippen molar-refractivity contribution in [3.05, 3.63) is 42.4 Å². The molecule has 0 bridgehead atoms. The lowest BCUT2D eigenvalue weighted by molar-refractivity contribution is -0.115. The molecule has 7 nitrogen and oxygen atoms in total. The number of carbonyl (C=O) groups excluding carboxylic acids is 1. The summed E-state index contributed by atoms with van der Waals surface area (Å²) in [4.78, 5) is 15.1. The third kappa shape index (κ3) is 4.38. The first-order chi connectivity index (χ1) is 14.5. The van der Waals surface area contributed by atoms with Crippen molar-refractivity contribution in [2.24, 2.45) is 7.05 Å². The minimum Gasteiger partial charge on any atom is -0.469 e. The number of rotatable bonds is 6. The molecule has 2 aromatic heterocycles. The zero-order valence-electron chi connectivity index (χ0n) is 17.6. The third-order valence-electron chi connectivity index (χ3n) is 5.44. The predicted molar refractivity (Wildman–Crippen MR) is 120 cm³/mol. The second kappa shape index (κ2) is 8.95. The van der Waals surface area contributed by atoms with Gasteiger partial charge in [0.2, 0.25) is 5.91 Å². The zero-order chi connectivity index (χ0) is 21.1. The van der Waals surface area contributed by atoms with Crippen molar-refractivity contribution in [1.29, 1.82) is 0 Å². The second-order valence-corrected chi connectivity index (χ2v) is 8.91. The van der Waals surface area contributed by atoms with E-state index in [1.165, 1.54) is 36.7 Å². The Morgan fingerprint density at radius 2 is 1.87 bits per heavy atom. The molecule has 1 saturated heterocycles. The Kier molecular flexibility index (Phi) is 6.13. The molecule has 158 valence electrons. The number of hydrogen-bond acceptors (Lipinski definition) is 6. The van der Waals surface area contributed by atoms with Gasteiger partial charge in [0.05, 0.1) is 17.1 Å². The van der Waals surface area contributed by atoms with E-state index in [0.29, 0.717) is 5.16 Å². The molecule has 1 aliphatic heterocycles. The van der Waals surface area contributed by atoms with E-state index in [1.807, 2.05) is 43.7 Å². The van der Waals surface area contributed by atoms with E-state index in [0.717, 1.165) is 35.9 Å². The van der Waals surface area contributed by atoms with E-state index in [9.17, 15) is 4.79 Å². The molecule has 8 heteroatoms. The Morgan fingerprint density at radius 3 is 2.53 bits per heavy atom. The minimum atomic E-state index is -0.312. The summed E-state index contributed by atoms with van der Waals surface area (Å²) in [5, 5.41) is 11.9. The van der Waals surface area contributed by atoms with E-state index in [4.69, 9.17) is 4.42 Å². The van der Waals surface area contributed by atoms with E-state index in [2.05, 4.69) is 32.5 Å². The summed E-state index contributed by atoms with van der Waals surface area (Å²) < 4.78 is 7.25. The van der Waals surface area contributed by atoms with Gasteiger partial charge < -0.3 is 19.2 Å². The fourth-order valence-corrected chi connectivity index (χ4v) is 4.45. The van der Waals surface area contributed by atoms with Crippen molar-refractivity contribution in [1.82, 2.24) is 14.8 Å². The van der Waals surface area contributed by atoms with Crippen LogP contribution in [0.1, 0.15) is 31.9 Å². The lowest BCUT2D eigenvalue weighted by Crippen LogP contribution is -2.29. The van der Waals surface area contributed by atoms with Crippen molar-refractivity contribution in [2.45, 2.75) is 43.5 Å². The molecule has 1 atom stereocenters. The number of thioether (sulfide) groups is 1. The van der Waals surface area contributed by atoms with Gasteiger partial charge >= 0.3 is 0 Å². The van der Waals surface area contributed by atoms with Crippen molar-refractivity contribution >= 4 is 29.0 Å². The molecule has 1 aliphatic rings. The number of amides is 1. The first kappa shape index (κ1) is 20.5. The van der Waals surface area contributed by atoms with E-state index in [-0.39, 0.29) is 11.2 Å². The number of hydrogen-bond donors (Lipinski definition) is 1. The highest BCUT2D eigenvalue weighted by Crippen LogP contribution is 2.28.